The zero-order chi connectivity index (χ0) is 16.9. The van der Waals surface area contributed by atoms with Crippen LogP contribution in [0.1, 0.15) is 11.7 Å². The van der Waals surface area contributed by atoms with Crippen LogP contribution in [0.4, 0.5) is 5.69 Å². The van der Waals surface area contributed by atoms with Gasteiger partial charge in [-0.25, -0.2) is 0 Å². The third-order valence-electron chi connectivity index (χ3n) is 3.05. The van der Waals surface area contributed by atoms with Gasteiger partial charge in [-0.05, 0) is 37.3 Å². The van der Waals surface area contributed by atoms with E-state index in [1.54, 1.807) is 49.4 Å². The molecule has 8 nitrogen and oxygen atoms in total. The number of nitro benzene ring substituents is 1. The van der Waals surface area contributed by atoms with E-state index in [2.05, 4.69) is 10.1 Å². The Bertz CT molecular complexity index is 845. The van der Waals surface area contributed by atoms with Crippen LogP contribution in [0.5, 0.6) is 17.2 Å². The molecule has 0 amide bonds. The van der Waals surface area contributed by atoms with E-state index >= 15 is 0 Å². The summed E-state index contributed by atoms with van der Waals surface area (Å²) in [5.74, 6) is 2.15. The van der Waals surface area contributed by atoms with Crippen LogP contribution < -0.4 is 9.47 Å². The molecule has 0 fully saturated rings. The highest BCUT2D eigenvalue weighted by Crippen LogP contribution is 2.31. The number of rotatable bonds is 6. The standard InChI is InChI=1S/C16H13N3O5/c1-11-17-16(24-18-11)10-22-12-6-8-13(9-7-12)23-15-5-3-2-4-14(15)19(20)21/h2-9H,10H2,1H3. The summed E-state index contributed by atoms with van der Waals surface area (Å²) in [6.45, 7) is 1.88. The molecule has 0 unspecified atom stereocenters. The monoisotopic (exact) mass is 327 g/mol. The van der Waals surface area contributed by atoms with Crippen LogP contribution in [0.2, 0.25) is 0 Å². The minimum absolute atomic E-state index is 0.0930. The molecule has 0 saturated heterocycles. The summed E-state index contributed by atoms with van der Waals surface area (Å²) in [7, 11) is 0. The SMILES string of the molecule is Cc1noc(COc2ccc(Oc3ccccc3[N+](=O)[O-])cc2)n1. The molecule has 8 heteroatoms. The first kappa shape index (κ1) is 15.5. The number of para-hydroxylation sites is 2. The minimum atomic E-state index is -0.487. The van der Waals surface area contributed by atoms with Crippen molar-refractivity contribution < 1.29 is 18.9 Å². The number of nitrogens with zero attached hydrogens (tertiary/aromatic N) is 3. The summed E-state index contributed by atoms with van der Waals surface area (Å²) < 4.78 is 16.0. The fraction of sp³-hybridized carbons (Fsp3) is 0.125. The molecule has 0 bridgehead atoms. The van der Waals surface area contributed by atoms with Crippen molar-refractivity contribution in [2.45, 2.75) is 13.5 Å². The largest absolute Gasteiger partial charge is 0.484 e. The summed E-state index contributed by atoms with van der Waals surface area (Å²) in [6.07, 6.45) is 0. The van der Waals surface area contributed by atoms with Crippen molar-refractivity contribution in [1.29, 1.82) is 0 Å². The predicted molar refractivity (Wildman–Crippen MR) is 83.0 cm³/mol. The molecule has 0 aliphatic rings. The second-order valence-electron chi connectivity index (χ2n) is 4.82. The Morgan fingerprint density at radius 2 is 1.83 bits per heavy atom. The van der Waals surface area contributed by atoms with Gasteiger partial charge >= 0.3 is 5.69 Å². The maximum absolute atomic E-state index is 11.0. The molecule has 24 heavy (non-hydrogen) atoms. The van der Waals surface area contributed by atoms with Crippen molar-refractivity contribution in [2.75, 3.05) is 0 Å². The summed E-state index contributed by atoms with van der Waals surface area (Å²) >= 11 is 0. The fourth-order valence-electron chi connectivity index (χ4n) is 1.97. The van der Waals surface area contributed by atoms with Crippen molar-refractivity contribution in [1.82, 2.24) is 10.1 Å². The van der Waals surface area contributed by atoms with E-state index in [0.717, 1.165) is 0 Å². The lowest BCUT2D eigenvalue weighted by atomic mass is 10.3. The van der Waals surface area contributed by atoms with Gasteiger partial charge in [0.15, 0.2) is 12.4 Å². The van der Waals surface area contributed by atoms with Gasteiger partial charge in [0.25, 0.3) is 5.89 Å². The van der Waals surface area contributed by atoms with Crippen LogP contribution in [-0.4, -0.2) is 15.1 Å². The molecule has 1 aromatic heterocycles. The average molecular weight is 327 g/mol. The number of benzene rings is 2. The molecule has 2 aromatic carbocycles. The molecule has 0 aliphatic heterocycles. The Morgan fingerprint density at radius 1 is 1.12 bits per heavy atom. The fourth-order valence-corrected chi connectivity index (χ4v) is 1.97. The zero-order valence-electron chi connectivity index (χ0n) is 12.7. The van der Waals surface area contributed by atoms with Crippen molar-refractivity contribution in [3.8, 4) is 17.2 Å². The van der Waals surface area contributed by atoms with Crippen molar-refractivity contribution in [3.63, 3.8) is 0 Å². The highest BCUT2D eigenvalue weighted by molar-refractivity contribution is 5.48. The van der Waals surface area contributed by atoms with Crippen molar-refractivity contribution in [3.05, 3.63) is 70.4 Å². The molecule has 0 atom stereocenters. The van der Waals surface area contributed by atoms with Gasteiger partial charge in [-0.3, -0.25) is 10.1 Å². The molecule has 3 aromatic rings. The Labute approximate surface area is 136 Å². The highest BCUT2D eigenvalue weighted by atomic mass is 16.6. The summed E-state index contributed by atoms with van der Waals surface area (Å²) in [4.78, 5) is 14.5. The van der Waals surface area contributed by atoms with E-state index in [0.29, 0.717) is 23.2 Å². The molecule has 0 radical (unpaired) electrons. The third kappa shape index (κ3) is 3.67. The van der Waals surface area contributed by atoms with Gasteiger partial charge in [-0.15, -0.1) is 0 Å². The third-order valence-corrected chi connectivity index (χ3v) is 3.05. The average Bonchev–Trinajstić information content (AvgIpc) is 3.00. The Kier molecular flexibility index (Phi) is 4.37. The van der Waals surface area contributed by atoms with E-state index in [4.69, 9.17) is 14.0 Å². The first-order chi connectivity index (χ1) is 11.6. The lowest BCUT2D eigenvalue weighted by molar-refractivity contribution is -0.385. The van der Waals surface area contributed by atoms with Crippen LogP contribution in [0.3, 0.4) is 0 Å². The first-order valence-electron chi connectivity index (χ1n) is 7.05. The van der Waals surface area contributed by atoms with Crippen molar-refractivity contribution in [2.24, 2.45) is 0 Å². The number of aromatic nitrogens is 2. The van der Waals surface area contributed by atoms with E-state index < -0.39 is 4.92 Å². The quantitative estimate of drug-likeness (QED) is 0.503. The molecular weight excluding hydrogens is 314 g/mol. The van der Waals surface area contributed by atoms with E-state index in [1.807, 2.05) is 0 Å². The minimum Gasteiger partial charge on any atom is -0.484 e. The lowest BCUT2D eigenvalue weighted by Gasteiger charge is -2.07. The van der Waals surface area contributed by atoms with Crippen LogP contribution in [-0.2, 0) is 6.61 Å². The van der Waals surface area contributed by atoms with Gasteiger partial charge in [0, 0.05) is 6.07 Å². The van der Waals surface area contributed by atoms with Crippen LogP contribution in [0, 0.1) is 17.0 Å². The topological polar surface area (TPSA) is 101 Å². The maximum atomic E-state index is 11.0. The Morgan fingerprint density at radius 3 is 2.50 bits per heavy atom. The first-order valence-corrected chi connectivity index (χ1v) is 7.05. The van der Waals surface area contributed by atoms with E-state index in [-0.39, 0.29) is 18.0 Å². The molecular formula is C16H13N3O5. The van der Waals surface area contributed by atoms with Gasteiger partial charge in [-0.1, -0.05) is 17.3 Å². The lowest BCUT2D eigenvalue weighted by Crippen LogP contribution is -1.96. The van der Waals surface area contributed by atoms with Gasteiger partial charge < -0.3 is 14.0 Å². The molecule has 122 valence electrons. The van der Waals surface area contributed by atoms with Crippen LogP contribution >= 0.6 is 0 Å². The number of hydrogen-bond acceptors (Lipinski definition) is 7. The van der Waals surface area contributed by atoms with E-state index in [9.17, 15) is 10.1 Å². The van der Waals surface area contributed by atoms with E-state index in [1.165, 1.54) is 6.07 Å². The molecule has 3 rings (SSSR count). The van der Waals surface area contributed by atoms with Gasteiger partial charge in [0.1, 0.15) is 11.5 Å². The van der Waals surface area contributed by atoms with Crippen LogP contribution in [0.15, 0.2) is 53.1 Å². The molecule has 0 aliphatic carbocycles. The van der Waals surface area contributed by atoms with Crippen molar-refractivity contribution >= 4 is 5.69 Å². The summed E-state index contributed by atoms with van der Waals surface area (Å²) in [5, 5.41) is 14.6. The number of ether oxygens (including phenoxy) is 2. The zero-order valence-corrected chi connectivity index (χ0v) is 12.7. The summed E-state index contributed by atoms with van der Waals surface area (Å²) in [6, 6.07) is 12.9. The number of hydrogen-bond donors (Lipinski definition) is 0. The van der Waals surface area contributed by atoms with Gasteiger partial charge in [0.2, 0.25) is 5.75 Å². The smallest absolute Gasteiger partial charge is 0.311 e. The molecule has 0 spiro atoms. The molecule has 1 heterocycles. The second kappa shape index (κ2) is 6.78. The normalized spacial score (nSPS) is 10.4. The number of nitro groups is 1. The molecule has 0 saturated carbocycles. The maximum Gasteiger partial charge on any atom is 0.311 e. The summed E-state index contributed by atoms with van der Waals surface area (Å²) in [5.41, 5.74) is -0.0930. The Hall–Kier alpha value is -3.42. The Balaban J connectivity index is 1.65. The van der Waals surface area contributed by atoms with Gasteiger partial charge in [-0.2, -0.15) is 4.98 Å². The second-order valence-corrected chi connectivity index (χ2v) is 4.82. The highest BCUT2D eigenvalue weighted by Gasteiger charge is 2.14. The predicted octanol–water partition coefficient (Wildman–Crippen LogP) is 3.66. The van der Waals surface area contributed by atoms with Crippen LogP contribution in [0.25, 0.3) is 0 Å². The number of aryl methyl sites for hydroxylation is 1. The van der Waals surface area contributed by atoms with Gasteiger partial charge in [0.05, 0.1) is 4.92 Å². The molecule has 0 N–H and O–H groups in total.